The van der Waals surface area contributed by atoms with E-state index in [1.54, 1.807) is 30.9 Å². The van der Waals surface area contributed by atoms with Gasteiger partial charge in [-0.05, 0) is 42.8 Å². The van der Waals surface area contributed by atoms with Gasteiger partial charge < -0.3 is 14.2 Å². The van der Waals surface area contributed by atoms with Gasteiger partial charge in [-0.1, -0.05) is 30.4 Å². The number of rotatable bonds is 6. The van der Waals surface area contributed by atoms with Crippen molar-refractivity contribution in [3.63, 3.8) is 0 Å². The largest absolute Gasteiger partial charge is 0.496 e. The van der Waals surface area contributed by atoms with Gasteiger partial charge in [-0.25, -0.2) is 0 Å². The first-order chi connectivity index (χ1) is 14.2. The quantitative estimate of drug-likeness (QED) is 0.479. The van der Waals surface area contributed by atoms with Crippen molar-refractivity contribution in [2.75, 3.05) is 14.2 Å². The minimum Gasteiger partial charge on any atom is -0.496 e. The standard InChI is InChI=1S/C22H20N4O3/c1-4-7-15-10-11-18(19(14-15)28-3)29-21-13-12-20-23-24-22(26(20)25-21)16-8-5-6-9-17(16)27-2/h4-14H,1-3H3. The van der Waals surface area contributed by atoms with E-state index in [1.807, 2.05) is 61.5 Å². The Morgan fingerprint density at radius 3 is 2.48 bits per heavy atom. The fourth-order valence-corrected chi connectivity index (χ4v) is 3.00. The van der Waals surface area contributed by atoms with Crippen molar-refractivity contribution in [2.45, 2.75) is 6.92 Å². The van der Waals surface area contributed by atoms with Gasteiger partial charge in [0, 0.05) is 6.07 Å². The monoisotopic (exact) mass is 388 g/mol. The van der Waals surface area contributed by atoms with Crippen LogP contribution in [0.15, 0.2) is 60.7 Å². The van der Waals surface area contributed by atoms with Crippen molar-refractivity contribution in [3.05, 3.63) is 66.2 Å². The molecule has 0 saturated heterocycles. The molecule has 7 nitrogen and oxygen atoms in total. The zero-order chi connectivity index (χ0) is 20.2. The second-order valence-corrected chi connectivity index (χ2v) is 6.18. The highest BCUT2D eigenvalue weighted by molar-refractivity contribution is 5.66. The number of hydrogen-bond donors (Lipinski definition) is 0. The molecule has 0 atom stereocenters. The predicted octanol–water partition coefficient (Wildman–Crippen LogP) is 4.63. The summed E-state index contributed by atoms with van der Waals surface area (Å²) in [4.78, 5) is 0. The van der Waals surface area contributed by atoms with Gasteiger partial charge in [0.05, 0.1) is 19.8 Å². The van der Waals surface area contributed by atoms with Gasteiger partial charge in [-0.15, -0.1) is 15.3 Å². The van der Waals surface area contributed by atoms with Crippen LogP contribution >= 0.6 is 0 Å². The van der Waals surface area contributed by atoms with E-state index in [1.165, 1.54) is 0 Å². The lowest BCUT2D eigenvalue weighted by molar-refractivity contribution is 0.371. The smallest absolute Gasteiger partial charge is 0.237 e. The Kier molecular flexibility index (Phi) is 5.11. The zero-order valence-electron chi connectivity index (χ0n) is 16.4. The fraction of sp³-hybridized carbons (Fsp3) is 0.136. The molecule has 4 rings (SSSR count). The summed E-state index contributed by atoms with van der Waals surface area (Å²) in [5.74, 6) is 2.84. The van der Waals surface area contributed by atoms with E-state index < -0.39 is 0 Å². The molecule has 2 aromatic carbocycles. The van der Waals surface area contributed by atoms with Crippen molar-refractivity contribution in [2.24, 2.45) is 0 Å². The lowest BCUT2D eigenvalue weighted by atomic mass is 10.2. The topological polar surface area (TPSA) is 70.8 Å². The maximum Gasteiger partial charge on any atom is 0.237 e. The SMILES string of the molecule is CC=Cc1ccc(Oc2ccc3nnc(-c4ccccc4OC)n3n2)c(OC)c1. The van der Waals surface area contributed by atoms with E-state index in [0.717, 1.165) is 11.1 Å². The van der Waals surface area contributed by atoms with Crippen LogP contribution in [0.2, 0.25) is 0 Å². The molecule has 4 aromatic rings. The number of para-hydroxylation sites is 1. The van der Waals surface area contributed by atoms with Crippen molar-refractivity contribution in [1.82, 2.24) is 19.8 Å². The molecule has 0 amide bonds. The average molecular weight is 388 g/mol. The summed E-state index contributed by atoms with van der Waals surface area (Å²) >= 11 is 0. The molecule has 0 spiro atoms. The number of aromatic nitrogens is 4. The molecule has 0 aliphatic rings. The number of methoxy groups -OCH3 is 2. The molecule has 0 radical (unpaired) electrons. The molecule has 2 aromatic heterocycles. The third kappa shape index (κ3) is 3.62. The van der Waals surface area contributed by atoms with Crippen LogP contribution in [-0.2, 0) is 0 Å². The maximum absolute atomic E-state index is 5.99. The fourth-order valence-electron chi connectivity index (χ4n) is 3.00. The first-order valence-electron chi connectivity index (χ1n) is 9.08. The molecule has 0 fully saturated rings. The highest BCUT2D eigenvalue weighted by atomic mass is 16.5. The van der Waals surface area contributed by atoms with Crippen molar-refractivity contribution < 1.29 is 14.2 Å². The van der Waals surface area contributed by atoms with Crippen LogP contribution in [0.4, 0.5) is 0 Å². The Bertz CT molecular complexity index is 1180. The summed E-state index contributed by atoms with van der Waals surface area (Å²) in [6.45, 7) is 1.97. The molecule has 146 valence electrons. The Balaban J connectivity index is 1.73. The summed E-state index contributed by atoms with van der Waals surface area (Å²) in [6, 6.07) is 16.9. The summed E-state index contributed by atoms with van der Waals surface area (Å²) in [7, 11) is 3.23. The van der Waals surface area contributed by atoms with Crippen LogP contribution in [0.5, 0.6) is 23.1 Å². The van der Waals surface area contributed by atoms with Crippen molar-refractivity contribution in [3.8, 4) is 34.5 Å². The minimum absolute atomic E-state index is 0.394. The molecular formula is C22H20N4O3. The normalized spacial score (nSPS) is 11.1. The van der Waals surface area contributed by atoms with Crippen LogP contribution < -0.4 is 14.2 Å². The van der Waals surface area contributed by atoms with E-state index in [2.05, 4.69) is 15.3 Å². The molecule has 7 heteroatoms. The second-order valence-electron chi connectivity index (χ2n) is 6.18. The van der Waals surface area contributed by atoms with Gasteiger partial charge in [0.25, 0.3) is 0 Å². The summed E-state index contributed by atoms with van der Waals surface area (Å²) < 4.78 is 18.5. The number of allylic oxidation sites excluding steroid dienone is 1. The zero-order valence-corrected chi connectivity index (χ0v) is 16.4. The van der Waals surface area contributed by atoms with E-state index in [-0.39, 0.29) is 0 Å². The molecule has 29 heavy (non-hydrogen) atoms. The Hall–Kier alpha value is -3.87. The van der Waals surface area contributed by atoms with Crippen LogP contribution in [0.3, 0.4) is 0 Å². The number of hydrogen-bond acceptors (Lipinski definition) is 6. The van der Waals surface area contributed by atoms with Crippen LogP contribution in [-0.4, -0.2) is 34.0 Å². The molecular weight excluding hydrogens is 368 g/mol. The molecule has 0 unspecified atom stereocenters. The molecule has 0 bridgehead atoms. The average Bonchev–Trinajstić information content (AvgIpc) is 3.18. The van der Waals surface area contributed by atoms with Crippen molar-refractivity contribution >= 4 is 11.7 Å². The third-order valence-corrected chi connectivity index (χ3v) is 4.35. The van der Waals surface area contributed by atoms with Gasteiger partial charge >= 0.3 is 0 Å². The van der Waals surface area contributed by atoms with E-state index in [0.29, 0.717) is 34.6 Å². The van der Waals surface area contributed by atoms with Crippen molar-refractivity contribution in [1.29, 1.82) is 0 Å². The lowest BCUT2D eigenvalue weighted by Gasteiger charge is -2.11. The van der Waals surface area contributed by atoms with Crippen LogP contribution in [0, 0.1) is 0 Å². The van der Waals surface area contributed by atoms with Crippen LogP contribution in [0.1, 0.15) is 12.5 Å². The third-order valence-electron chi connectivity index (χ3n) is 4.35. The first-order valence-corrected chi connectivity index (χ1v) is 9.08. The highest BCUT2D eigenvalue weighted by Gasteiger charge is 2.15. The van der Waals surface area contributed by atoms with Gasteiger partial charge in [0.2, 0.25) is 5.88 Å². The van der Waals surface area contributed by atoms with Crippen LogP contribution in [0.25, 0.3) is 23.1 Å². The molecule has 0 aliphatic carbocycles. The number of benzene rings is 2. The summed E-state index contributed by atoms with van der Waals surface area (Å²) in [5, 5.41) is 13.0. The number of nitrogens with zero attached hydrogens (tertiary/aromatic N) is 4. The second kappa shape index (κ2) is 8.02. The first kappa shape index (κ1) is 18.5. The highest BCUT2D eigenvalue weighted by Crippen LogP contribution is 2.33. The summed E-state index contributed by atoms with van der Waals surface area (Å²) in [6.07, 6.45) is 3.96. The number of fused-ring (bicyclic) bond motifs is 1. The summed E-state index contributed by atoms with van der Waals surface area (Å²) in [5.41, 5.74) is 2.42. The lowest BCUT2D eigenvalue weighted by Crippen LogP contribution is -1.99. The Morgan fingerprint density at radius 2 is 1.69 bits per heavy atom. The molecule has 2 heterocycles. The predicted molar refractivity (Wildman–Crippen MR) is 111 cm³/mol. The van der Waals surface area contributed by atoms with E-state index >= 15 is 0 Å². The van der Waals surface area contributed by atoms with Gasteiger partial charge in [0.1, 0.15) is 5.75 Å². The van der Waals surface area contributed by atoms with Gasteiger partial charge in [-0.3, -0.25) is 0 Å². The molecule has 0 aliphatic heterocycles. The molecule has 0 N–H and O–H groups in total. The van der Waals surface area contributed by atoms with E-state index in [4.69, 9.17) is 14.2 Å². The Morgan fingerprint density at radius 1 is 0.862 bits per heavy atom. The minimum atomic E-state index is 0.394. The van der Waals surface area contributed by atoms with E-state index in [9.17, 15) is 0 Å². The van der Waals surface area contributed by atoms with Gasteiger partial charge in [0.15, 0.2) is 23.0 Å². The molecule has 0 saturated carbocycles. The Labute approximate surface area is 168 Å². The number of ether oxygens (including phenoxy) is 3. The maximum atomic E-state index is 5.99. The van der Waals surface area contributed by atoms with Gasteiger partial charge in [-0.2, -0.15) is 4.52 Å².